The SMILES string of the molecule is CC[C@H](C)[C@H](NC(=O)[C@H]1CCCCN1C)C(=O)N(C)[C@H](C[C@@H](OC(C)=O)c1nc(C(=O)N[C@@H](Cc2ccccc2)C[C@H](C)C(=O)OC(C)(C)C)cs1)C(C)C. The maximum absolute atomic E-state index is 14.2. The average molecular weight is 784 g/mol. The monoisotopic (exact) mass is 783 g/mol. The molecule has 3 amide bonds. The minimum absolute atomic E-state index is 0.0433. The normalized spacial score (nSPS) is 18.3. The average Bonchev–Trinajstić information content (AvgIpc) is 3.61. The highest BCUT2D eigenvalue weighted by Crippen LogP contribution is 2.31. The lowest BCUT2D eigenvalue weighted by molar-refractivity contribution is -0.159. The molecule has 13 heteroatoms. The number of ether oxygens (including phenoxy) is 2. The van der Waals surface area contributed by atoms with Crippen LogP contribution in [-0.4, -0.2) is 94.9 Å². The molecule has 2 aromatic rings. The number of aromatic nitrogens is 1. The van der Waals surface area contributed by atoms with Crippen LogP contribution in [0, 0.1) is 17.8 Å². The number of piperidine rings is 1. The van der Waals surface area contributed by atoms with Gasteiger partial charge in [0.25, 0.3) is 5.91 Å². The zero-order chi connectivity index (χ0) is 41.0. The van der Waals surface area contributed by atoms with Crippen molar-refractivity contribution in [3.8, 4) is 0 Å². The summed E-state index contributed by atoms with van der Waals surface area (Å²) in [6.07, 6.45) is 3.74. The zero-order valence-electron chi connectivity index (χ0n) is 34.8. The molecular weight excluding hydrogens is 719 g/mol. The molecule has 2 N–H and O–H groups in total. The van der Waals surface area contributed by atoms with E-state index in [2.05, 4.69) is 20.5 Å². The van der Waals surface area contributed by atoms with Crippen molar-refractivity contribution in [2.24, 2.45) is 17.8 Å². The van der Waals surface area contributed by atoms with Gasteiger partial charge in [-0.25, -0.2) is 4.98 Å². The number of hydrogen-bond acceptors (Lipinski definition) is 10. The zero-order valence-corrected chi connectivity index (χ0v) is 35.7. The van der Waals surface area contributed by atoms with Crippen LogP contribution in [0.3, 0.4) is 0 Å². The Hall–Kier alpha value is -3.84. The topological polar surface area (TPSA) is 147 Å². The summed E-state index contributed by atoms with van der Waals surface area (Å²) in [5, 5.41) is 8.25. The predicted molar refractivity (Wildman–Crippen MR) is 215 cm³/mol. The first kappa shape index (κ1) is 45.5. The molecule has 1 saturated heterocycles. The standard InChI is InChI=1S/C42H65N5O7S/c1-12-27(4)36(45-38(50)33-20-16-17-21-46(33)10)40(51)47(11)34(26(2)3)24-35(53-29(6)48)39-44-32(25-55-39)37(49)43-31(23-30-18-14-13-15-19-30)22-28(5)41(52)54-42(7,8)9/h13-15,18-19,25-28,31,33-36H,12,16-17,20-24H2,1-11H3,(H,43,49)(H,45,50)/t27-,28-,31+,33+,34+,35+,36-/m0/s1. The van der Waals surface area contributed by atoms with Gasteiger partial charge in [0, 0.05) is 37.9 Å². The summed E-state index contributed by atoms with van der Waals surface area (Å²) in [7, 11) is 3.68. The van der Waals surface area contributed by atoms with Gasteiger partial charge in [-0.05, 0) is 77.4 Å². The quantitative estimate of drug-likeness (QED) is 0.165. The summed E-state index contributed by atoms with van der Waals surface area (Å²) in [5.74, 6) is -2.22. The fourth-order valence-electron chi connectivity index (χ4n) is 7.03. The van der Waals surface area contributed by atoms with E-state index in [4.69, 9.17) is 9.47 Å². The van der Waals surface area contributed by atoms with Crippen LogP contribution in [0.1, 0.15) is 128 Å². The number of nitrogens with one attached hydrogen (secondary N) is 2. The number of carbonyl (C=O) groups is 5. The third kappa shape index (κ3) is 14.0. The van der Waals surface area contributed by atoms with E-state index in [1.165, 1.54) is 18.3 Å². The van der Waals surface area contributed by atoms with Gasteiger partial charge in [0.05, 0.1) is 12.0 Å². The van der Waals surface area contributed by atoms with Crippen molar-refractivity contribution in [2.75, 3.05) is 20.6 Å². The molecule has 1 aromatic carbocycles. The van der Waals surface area contributed by atoms with Gasteiger partial charge < -0.3 is 25.0 Å². The smallest absolute Gasteiger partial charge is 0.309 e. The lowest BCUT2D eigenvalue weighted by Gasteiger charge is -2.38. The number of carbonyl (C=O) groups excluding carboxylic acids is 5. The van der Waals surface area contributed by atoms with Gasteiger partial charge >= 0.3 is 11.9 Å². The second-order valence-corrected chi connectivity index (χ2v) is 17.4. The first-order valence-corrected chi connectivity index (χ1v) is 20.7. The van der Waals surface area contributed by atoms with E-state index in [0.29, 0.717) is 24.3 Å². The summed E-state index contributed by atoms with van der Waals surface area (Å²) in [5.41, 5.74) is 0.540. The second kappa shape index (κ2) is 20.9. The van der Waals surface area contributed by atoms with E-state index in [1.54, 1.807) is 24.3 Å². The van der Waals surface area contributed by atoms with Crippen molar-refractivity contribution in [3.05, 3.63) is 52.0 Å². The maximum Gasteiger partial charge on any atom is 0.309 e. The highest BCUT2D eigenvalue weighted by atomic mass is 32.1. The number of amides is 3. The second-order valence-electron chi connectivity index (χ2n) is 16.6. The Morgan fingerprint density at radius 3 is 2.27 bits per heavy atom. The molecule has 3 rings (SSSR count). The minimum atomic E-state index is -0.827. The van der Waals surface area contributed by atoms with E-state index >= 15 is 0 Å². The van der Waals surface area contributed by atoms with Gasteiger partial charge in [0.2, 0.25) is 11.8 Å². The molecule has 306 valence electrons. The van der Waals surface area contributed by atoms with Gasteiger partial charge in [-0.15, -0.1) is 11.3 Å². The lowest BCUT2D eigenvalue weighted by atomic mass is 9.92. The molecular formula is C42H65N5O7S. The molecule has 0 bridgehead atoms. The Kier molecular flexibility index (Phi) is 17.3. The summed E-state index contributed by atoms with van der Waals surface area (Å²) >= 11 is 1.21. The Morgan fingerprint density at radius 1 is 1.02 bits per heavy atom. The third-order valence-electron chi connectivity index (χ3n) is 10.4. The van der Waals surface area contributed by atoms with Gasteiger partial charge in [0.15, 0.2) is 6.10 Å². The van der Waals surface area contributed by atoms with Crippen molar-refractivity contribution < 1.29 is 33.4 Å². The number of benzene rings is 1. The number of nitrogens with zero attached hydrogens (tertiary/aromatic N) is 3. The molecule has 12 nitrogen and oxygen atoms in total. The maximum atomic E-state index is 14.2. The molecule has 0 spiro atoms. The number of hydrogen-bond donors (Lipinski definition) is 2. The van der Waals surface area contributed by atoms with Crippen LogP contribution in [0.2, 0.25) is 0 Å². The highest BCUT2D eigenvalue weighted by molar-refractivity contribution is 7.09. The predicted octanol–water partition coefficient (Wildman–Crippen LogP) is 6.34. The number of thiazole rings is 1. The molecule has 0 saturated carbocycles. The fraction of sp³-hybridized carbons (Fsp3) is 0.667. The first-order chi connectivity index (χ1) is 25.8. The Bertz CT molecular complexity index is 1580. The van der Waals surface area contributed by atoms with Crippen molar-refractivity contribution in [3.63, 3.8) is 0 Å². The fourth-order valence-corrected chi connectivity index (χ4v) is 7.87. The van der Waals surface area contributed by atoms with Crippen LogP contribution in [0.15, 0.2) is 35.7 Å². The lowest BCUT2D eigenvalue weighted by Crippen LogP contribution is -2.58. The molecule has 1 aromatic heterocycles. The Morgan fingerprint density at radius 2 is 1.69 bits per heavy atom. The molecule has 0 unspecified atom stereocenters. The molecule has 7 atom stereocenters. The first-order valence-electron chi connectivity index (χ1n) is 19.8. The van der Waals surface area contributed by atoms with Gasteiger partial charge in [-0.3, -0.25) is 28.9 Å². The molecule has 55 heavy (non-hydrogen) atoms. The van der Waals surface area contributed by atoms with E-state index in [-0.39, 0.29) is 53.8 Å². The van der Waals surface area contributed by atoms with Crippen LogP contribution in [0.5, 0.6) is 0 Å². The van der Waals surface area contributed by atoms with Crippen LogP contribution >= 0.6 is 11.3 Å². The molecule has 1 fully saturated rings. The Labute approximate surface area is 332 Å². The summed E-state index contributed by atoms with van der Waals surface area (Å²) in [6, 6.07) is 7.96. The van der Waals surface area contributed by atoms with Crippen molar-refractivity contribution in [1.82, 2.24) is 25.4 Å². The van der Waals surface area contributed by atoms with E-state index in [0.717, 1.165) is 31.4 Å². The molecule has 1 aliphatic rings. The van der Waals surface area contributed by atoms with Crippen LogP contribution < -0.4 is 10.6 Å². The minimum Gasteiger partial charge on any atom is -0.460 e. The number of likely N-dealkylation sites (tertiary alicyclic amines) is 1. The van der Waals surface area contributed by atoms with E-state index in [1.807, 2.05) is 85.8 Å². The van der Waals surface area contributed by atoms with Crippen molar-refractivity contribution >= 4 is 41.0 Å². The van der Waals surface area contributed by atoms with E-state index < -0.39 is 41.6 Å². The number of likely N-dealkylation sites (N-methyl/N-ethyl adjacent to an activating group) is 2. The van der Waals surface area contributed by atoms with Gasteiger partial charge in [0.1, 0.15) is 22.3 Å². The van der Waals surface area contributed by atoms with Gasteiger partial charge in [-0.2, -0.15) is 0 Å². The van der Waals surface area contributed by atoms with Crippen molar-refractivity contribution in [2.45, 2.75) is 143 Å². The summed E-state index contributed by atoms with van der Waals surface area (Å²) in [4.78, 5) is 75.1. The third-order valence-corrected chi connectivity index (χ3v) is 11.3. The number of rotatable bonds is 18. The molecule has 0 radical (unpaired) electrons. The van der Waals surface area contributed by atoms with E-state index in [9.17, 15) is 24.0 Å². The summed E-state index contributed by atoms with van der Waals surface area (Å²) < 4.78 is 11.4. The summed E-state index contributed by atoms with van der Waals surface area (Å²) in [6.45, 7) is 17.4. The molecule has 1 aliphatic heterocycles. The van der Waals surface area contributed by atoms with Crippen LogP contribution in [-0.2, 0) is 35.1 Å². The largest absolute Gasteiger partial charge is 0.460 e. The van der Waals surface area contributed by atoms with Gasteiger partial charge in [-0.1, -0.05) is 77.8 Å². The molecule has 2 heterocycles. The number of esters is 2. The van der Waals surface area contributed by atoms with Crippen LogP contribution in [0.25, 0.3) is 0 Å². The Balaban J connectivity index is 1.82. The molecule has 0 aliphatic carbocycles. The van der Waals surface area contributed by atoms with Crippen LogP contribution in [0.4, 0.5) is 0 Å². The van der Waals surface area contributed by atoms with Crippen molar-refractivity contribution in [1.29, 1.82) is 0 Å². The highest BCUT2D eigenvalue weighted by Gasteiger charge is 2.37.